The van der Waals surface area contributed by atoms with Crippen molar-refractivity contribution < 1.29 is 9.53 Å². The quantitative estimate of drug-likeness (QED) is 0.695. The zero-order valence-corrected chi connectivity index (χ0v) is 18.4. The van der Waals surface area contributed by atoms with E-state index in [0.29, 0.717) is 6.54 Å². The van der Waals surface area contributed by atoms with Gasteiger partial charge in [-0.1, -0.05) is 12.1 Å². The average molecular weight is 411 g/mol. The van der Waals surface area contributed by atoms with Crippen LogP contribution in [0.3, 0.4) is 0 Å². The Kier molecular flexibility index (Phi) is 7.82. The number of urea groups is 1. The number of methoxy groups -OCH3 is 1. The lowest BCUT2D eigenvalue weighted by Gasteiger charge is -2.34. The zero-order chi connectivity index (χ0) is 21.3. The summed E-state index contributed by atoms with van der Waals surface area (Å²) in [6.45, 7) is 8.45. The molecule has 2 amide bonds. The minimum atomic E-state index is -0.0711. The first-order valence-electron chi connectivity index (χ1n) is 10.8. The van der Waals surface area contributed by atoms with Crippen molar-refractivity contribution in [2.45, 2.75) is 32.7 Å². The summed E-state index contributed by atoms with van der Waals surface area (Å²) in [5.41, 5.74) is 3.65. The summed E-state index contributed by atoms with van der Waals surface area (Å²) in [6, 6.07) is 16.8. The Morgan fingerprint density at radius 1 is 1.17 bits per heavy atom. The number of ether oxygens (including phenoxy) is 1. The topological polar surface area (TPSA) is 56.8 Å². The molecule has 0 radical (unpaired) electrons. The third kappa shape index (κ3) is 6.05. The van der Waals surface area contributed by atoms with Crippen LogP contribution in [0.1, 0.15) is 25.3 Å². The second kappa shape index (κ2) is 10.8. The van der Waals surface area contributed by atoms with Crippen LogP contribution in [-0.2, 0) is 0 Å². The van der Waals surface area contributed by atoms with Crippen molar-refractivity contribution in [3.8, 4) is 5.75 Å². The van der Waals surface area contributed by atoms with Crippen LogP contribution in [0.5, 0.6) is 5.75 Å². The van der Waals surface area contributed by atoms with E-state index in [0.717, 1.165) is 44.8 Å². The Hall–Kier alpha value is -2.89. The number of nitrogens with zero attached hydrogens (tertiary/aromatic N) is 2. The minimum Gasteiger partial charge on any atom is -0.497 e. The zero-order valence-electron chi connectivity index (χ0n) is 18.4. The van der Waals surface area contributed by atoms with Gasteiger partial charge in [-0.2, -0.15) is 0 Å². The second-order valence-corrected chi connectivity index (χ2v) is 7.78. The molecule has 1 aliphatic rings. The third-order valence-corrected chi connectivity index (χ3v) is 5.68. The van der Waals surface area contributed by atoms with E-state index in [2.05, 4.69) is 70.7 Å². The predicted molar refractivity (Wildman–Crippen MR) is 124 cm³/mol. The number of rotatable bonds is 8. The first-order chi connectivity index (χ1) is 14.6. The molecule has 2 aromatic carbocycles. The molecule has 0 atom stereocenters. The highest BCUT2D eigenvalue weighted by atomic mass is 16.5. The fourth-order valence-corrected chi connectivity index (χ4v) is 3.91. The Bertz CT molecular complexity index is 801. The predicted octanol–water partition coefficient (Wildman–Crippen LogP) is 3.80. The van der Waals surface area contributed by atoms with Crippen LogP contribution < -0.4 is 25.2 Å². The maximum Gasteiger partial charge on any atom is 0.315 e. The lowest BCUT2D eigenvalue weighted by Crippen LogP contribution is -2.49. The van der Waals surface area contributed by atoms with Crippen molar-refractivity contribution in [1.29, 1.82) is 0 Å². The highest BCUT2D eigenvalue weighted by Crippen LogP contribution is 2.22. The maximum absolute atomic E-state index is 12.3. The number of aryl methyl sites for hydroxylation is 1. The van der Waals surface area contributed by atoms with Crippen molar-refractivity contribution in [3.63, 3.8) is 0 Å². The van der Waals surface area contributed by atoms with Crippen molar-refractivity contribution in [3.05, 3.63) is 54.1 Å². The molecule has 0 aromatic heterocycles. The van der Waals surface area contributed by atoms with Crippen LogP contribution in [0.25, 0.3) is 0 Å². The summed E-state index contributed by atoms with van der Waals surface area (Å²) in [4.78, 5) is 17.0. The van der Waals surface area contributed by atoms with Gasteiger partial charge in [0.15, 0.2) is 0 Å². The van der Waals surface area contributed by atoms with Crippen LogP contribution >= 0.6 is 0 Å². The van der Waals surface area contributed by atoms with E-state index in [9.17, 15) is 4.79 Å². The molecule has 1 heterocycles. The summed E-state index contributed by atoms with van der Waals surface area (Å²) in [5.74, 6) is 0.871. The minimum absolute atomic E-state index is 0.0711. The number of piperidine rings is 1. The molecule has 2 aromatic rings. The number of amides is 2. The van der Waals surface area contributed by atoms with E-state index in [1.165, 1.54) is 16.9 Å². The molecule has 1 aliphatic heterocycles. The number of hydrogen-bond donors (Lipinski definition) is 2. The molecule has 0 saturated carbocycles. The molecule has 1 saturated heterocycles. The van der Waals surface area contributed by atoms with E-state index in [1.54, 1.807) is 7.11 Å². The fourth-order valence-electron chi connectivity index (χ4n) is 3.91. The molecular formula is C24H34N4O2. The first-order valence-corrected chi connectivity index (χ1v) is 10.8. The lowest BCUT2D eigenvalue weighted by atomic mass is 10.0. The number of nitrogens with one attached hydrogen (secondary N) is 2. The van der Waals surface area contributed by atoms with Crippen molar-refractivity contribution in [2.75, 3.05) is 49.6 Å². The van der Waals surface area contributed by atoms with Gasteiger partial charge in [0.2, 0.25) is 0 Å². The molecular weight excluding hydrogens is 376 g/mol. The SMILES string of the molecule is CCN(CCNC(=O)NC1CCN(c2ccc(OC)cc2)CC1)c1cccc(C)c1. The van der Waals surface area contributed by atoms with Gasteiger partial charge >= 0.3 is 6.03 Å². The smallest absolute Gasteiger partial charge is 0.315 e. The molecule has 3 rings (SSSR count). The van der Waals surface area contributed by atoms with Crippen molar-refractivity contribution in [1.82, 2.24) is 10.6 Å². The van der Waals surface area contributed by atoms with Crippen LogP contribution in [0, 0.1) is 6.92 Å². The van der Waals surface area contributed by atoms with Crippen LogP contribution in [0.2, 0.25) is 0 Å². The van der Waals surface area contributed by atoms with Crippen LogP contribution in [0.15, 0.2) is 48.5 Å². The Labute approximate surface area is 180 Å². The van der Waals surface area contributed by atoms with Gasteiger partial charge in [0.1, 0.15) is 5.75 Å². The van der Waals surface area contributed by atoms with Gasteiger partial charge in [0, 0.05) is 50.1 Å². The monoisotopic (exact) mass is 410 g/mol. The number of hydrogen-bond acceptors (Lipinski definition) is 4. The van der Waals surface area contributed by atoms with Crippen LogP contribution in [0.4, 0.5) is 16.2 Å². The molecule has 2 N–H and O–H groups in total. The van der Waals surface area contributed by atoms with Gasteiger partial charge in [-0.15, -0.1) is 0 Å². The number of benzene rings is 2. The molecule has 6 nitrogen and oxygen atoms in total. The molecule has 1 fully saturated rings. The summed E-state index contributed by atoms with van der Waals surface area (Å²) in [7, 11) is 1.68. The van der Waals surface area contributed by atoms with Crippen molar-refractivity contribution in [2.24, 2.45) is 0 Å². The Morgan fingerprint density at radius 2 is 1.90 bits per heavy atom. The van der Waals surface area contributed by atoms with Gasteiger partial charge < -0.3 is 25.2 Å². The van der Waals surface area contributed by atoms with E-state index in [1.807, 2.05) is 12.1 Å². The van der Waals surface area contributed by atoms with E-state index in [4.69, 9.17) is 4.74 Å². The normalized spacial score (nSPS) is 14.3. The van der Waals surface area contributed by atoms with E-state index < -0.39 is 0 Å². The van der Waals surface area contributed by atoms with E-state index >= 15 is 0 Å². The average Bonchev–Trinajstić information content (AvgIpc) is 2.77. The van der Waals surface area contributed by atoms with Gasteiger partial charge in [-0.25, -0.2) is 4.79 Å². The highest BCUT2D eigenvalue weighted by molar-refractivity contribution is 5.74. The summed E-state index contributed by atoms with van der Waals surface area (Å²) in [5, 5.41) is 6.15. The number of carbonyl (C=O) groups is 1. The fraction of sp³-hybridized carbons (Fsp3) is 0.458. The van der Waals surface area contributed by atoms with E-state index in [-0.39, 0.29) is 12.1 Å². The molecule has 162 valence electrons. The Balaban J connectivity index is 1.38. The van der Waals surface area contributed by atoms with Crippen LogP contribution in [-0.4, -0.2) is 51.9 Å². The molecule has 30 heavy (non-hydrogen) atoms. The summed E-state index contributed by atoms with van der Waals surface area (Å²) in [6.07, 6.45) is 1.90. The standard InChI is InChI=1S/C24H34N4O2/c1-4-27(22-7-5-6-19(2)18-22)17-14-25-24(29)26-20-12-15-28(16-13-20)21-8-10-23(30-3)11-9-21/h5-11,18,20H,4,12-17H2,1-3H3,(H2,25,26,29). The highest BCUT2D eigenvalue weighted by Gasteiger charge is 2.21. The summed E-state index contributed by atoms with van der Waals surface area (Å²) >= 11 is 0. The number of likely N-dealkylation sites (N-methyl/N-ethyl adjacent to an activating group) is 1. The van der Waals surface area contributed by atoms with Gasteiger partial charge in [-0.3, -0.25) is 0 Å². The van der Waals surface area contributed by atoms with Gasteiger partial charge in [0.05, 0.1) is 7.11 Å². The summed E-state index contributed by atoms with van der Waals surface area (Å²) < 4.78 is 5.23. The molecule has 0 unspecified atom stereocenters. The molecule has 0 aliphatic carbocycles. The largest absolute Gasteiger partial charge is 0.497 e. The van der Waals surface area contributed by atoms with Crippen molar-refractivity contribution >= 4 is 17.4 Å². The van der Waals surface area contributed by atoms with Gasteiger partial charge in [-0.05, 0) is 68.7 Å². The number of anilines is 2. The van der Waals surface area contributed by atoms with Gasteiger partial charge in [0.25, 0.3) is 0 Å². The number of carbonyl (C=O) groups excluding carboxylic acids is 1. The third-order valence-electron chi connectivity index (χ3n) is 5.68. The second-order valence-electron chi connectivity index (χ2n) is 7.78. The maximum atomic E-state index is 12.3. The lowest BCUT2D eigenvalue weighted by molar-refractivity contribution is 0.234. The first kappa shape index (κ1) is 21.8. The molecule has 6 heteroatoms. The molecule has 0 spiro atoms. The molecule has 0 bridgehead atoms. The Morgan fingerprint density at radius 3 is 2.53 bits per heavy atom.